The Morgan fingerprint density at radius 2 is 1.89 bits per heavy atom. The Hall–Kier alpha value is -2.97. The lowest BCUT2D eigenvalue weighted by Crippen LogP contribution is -2.45. The van der Waals surface area contributed by atoms with Crippen molar-refractivity contribution in [2.24, 2.45) is 16.8 Å². The van der Waals surface area contributed by atoms with Crippen LogP contribution >= 0.6 is 11.3 Å². The van der Waals surface area contributed by atoms with Crippen molar-refractivity contribution in [3.05, 3.63) is 28.6 Å². The minimum atomic E-state index is -4.00. The number of fused-ring (bicyclic) bond motifs is 1. The van der Waals surface area contributed by atoms with Gasteiger partial charge in [-0.15, -0.1) is 6.42 Å². The number of aromatic nitrogens is 1. The van der Waals surface area contributed by atoms with E-state index in [4.69, 9.17) is 11.2 Å². The molecule has 2 aromatic rings. The lowest BCUT2D eigenvalue weighted by atomic mass is 9.92. The number of hydrogen-bond acceptors (Lipinski definition) is 7. The van der Waals surface area contributed by atoms with E-state index in [-0.39, 0.29) is 18.0 Å². The highest BCUT2D eigenvalue weighted by molar-refractivity contribution is 7.92. The summed E-state index contributed by atoms with van der Waals surface area (Å²) in [6, 6.07) is 4.88. The summed E-state index contributed by atoms with van der Waals surface area (Å²) in [7, 11) is -4.00. The number of rotatable bonds is 7. The minimum absolute atomic E-state index is 0.0986. The van der Waals surface area contributed by atoms with Gasteiger partial charge in [-0.05, 0) is 43.4 Å². The molecule has 1 aromatic carbocycles. The number of ether oxygens (including phenoxy) is 1. The number of carbonyl (C=O) groups is 3. The number of carbonyl (C=O) groups excluding carboxylic acids is 3. The second-order valence-corrected chi connectivity index (χ2v) is 11.9. The first kappa shape index (κ1) is 26.6. The molecule has 0 bridgehead atoms. The van der Waals surface area contributed by atoms with Crippen molar-refractivity contribution >= 4 is 49.2 Å². The zero-order valence-corrected chi connectivity index (χ0v) is 21.7. The molecule has 1 aliphatic rings. The standard InChI is InChI=1S/C24H29N3O6S2/c1-5-9-27-19-8-7-18(23(30)33-6-2)11-20(19)34-24(27)25-21(28)14-35(31,32)15-22(29)26-12-16(3)10-17(4)13-26/h1,7-8,11,16-17H,6,9-10,12-15H2,2-4H3. The molecule has 2 unspecified atom stereocenters. The van der Waals surface area contributed by atoms with Crippen LogP contribution in [0.5, 0.6) is 0 Å². The summed E-state index contributed by atoms with van der Waals surface area (Å²) in [5.41, 5.74) is 0.993. The number of piperidine rings is 1. The van der Waals surface area contributed by atoms with E-state index in [9.17, 15) is 22.8 Å². The molecule has 0 N–H and O–H groups in total. The third kappa shape index (κ3) is 6.80. The van der Waals surface area contributed by atoms with Crippen LogP contribution in [0.25, 0.3) is 10.2 Å². The van der Waals surface area contributed by atoms with Crippen LogP contribution in [-0.2, 0) is 30.7 Å². The lowest BCUT2D eigenvalue weighted by Gasteiger charge is -2.34. The number of amides is 2. The van der Waals surface area contributed by atoms with Crippen LogP contribution in [0.2, 0.25) is 0 Å². The minimum Gasteiger partial charge on any atom is -0.462 e. The summed E-state index contributed by atoms with van der Waals surface area (Å²) in [6.07, 6.45) is 6.46. The number of thiazole rings is 1. The highest BCUT2D eigenvalue weighted by Gasteiger charge is 2.29. The van der Waals surface area contributed by atoms with E-state index in [0.29, 0.717) is 40.7 Å². The van der Waals surface area contributed by atoms with E-state index in [1.54, 1.807) is 34.6 Å². The Kier molecular flexibility index (Phi) is 8.51. The smallest absolute Gasteiger partial charge is 0.338 e. The lowest BCUT2D eigenvalue weighted by molar-refractivity contribution is -0.131. The topological polar surface area (TPSA) is 115 Å². The van der Waals surface area contributed by atoms with E-state index in [0.717, 1.165) is 17.8 Å². The van der Waals surface area contributed by atoms with Gasteiger partial charge in [-0.25, -0.2) is 13.2 Å². The summed E-state index contributed by atoms with van der Waals surface area (Å²) in [5.74, 6) is -0.383. The van der Waals surface area contributed by atoms with Gasteiger partial charge < -0.3 is 14.2 Å². The molecule has 0 aliphatic carbocycles. The van der Waals surface area contributed by atoms with Crippen molar-refractivity contribution in [2.75, 3.05) is 31.2 Å². The first-order valence-electron chi connectivity index (χ1n) is 11.3. The van der Waals surface area contributed by atoms with Crippen LogP contribution in [-0.4, -0.2) is 66.9 Å². The highest BCUT2D eigenvalue weighted by Crippen LogP contribution is 2.22. The molecule has 35 heavy (non-hydrogen) atoms. The molecule has 0 radical (unpaired) electrons. The Morgan fingerprint density at radius 3 is 2.51 bits per heavy atom. The number of hydrogen-bond donors (Lipinski definition) is 0. The van der Waals surface area contributed by atoms with Gasteiger partial charge in [-0.3, -0.25) is 9.59 Å². The molecule has 2 atom stereocenters. The van der Waals surface area contributed by atoms with Crippen molar-refractivity contribution in [2.45, 2.75) is 33.7 Å². The van der Waals surface area contributed by atoms with Gasteiger partial charge >= 0.3 is 5.97 Å². The molecule has 2 amide bonds. The molecule has 188 valence electrons. The first-order chi connectivity index (χ1) is 16.5. The molecular formula is C24H29N3O6S2. The van der Waals surface area contributed by atoms with Crippen LogP contribution in [0.1, 0.15) is 37.6 Å². The average Bonchev–Trinajstić information content (AvgIpc) is 3.08. The molecule has 0 spiro atoms. The molecule has 1 aromatic heterocycles. The Balaban J connectivity index is 1.81. The van der Waals surface area contributed by atoms with Crippen LogP contribution in [0.15, 0.2) is 23.2 Å². The molecule has 1 saturated heterocycles. The molecule has 0 saturated carbocycles. The molecule has 9 nitrogen and oxygen atoms in total. The Bertz CT molecular complexity index is 1340. The fraction of sp³-hybridized carbons (Fsp3) is 0.500. The summed E-state index contributed by atoms with van der Waals surface area (Å²) in [5, 5.41) is 0. The van der Waals surface area contributed by atoms with Gasteiger partial charge in [0, 0.05) is 13.1 Å². The van der Waals surface area contributed by atoms with Crippen LogP contribution in [0, 0.1) is 24.2 Å². The largest absolute Gasteiger partial charge is 0.462 e. The van der Waals surface area contributed by atoms with Gasteiger partial charge in [0.2, 0.25) is 5.91 Å². The SMILES string of the molecule is C#CCn1c(=NC(=O)CS(=O)(=O)CC(=O)N2CC(C)CC(C)C2)sc2cc(C(=O)OCC)ccc21. The van der Waals surface area contributed by atoms with E-state index in [1.165, 1.54) is 0 Å². The highest BCUT2D eigenvalue weighted by atomic mass is 32.2. The second-order valence-electron chi connectivity index (χ2n) is 8.86. The van der Waals surface area contributed by atoms with Gasteiger partial charge in [0.05, 0.1) is 28.9 Å². The normalized spacial score (nSPS) is 18.9. The molecule has 11 heteroatoms. The van der Waals surface area contributed by atoms with Crippen molar-refractivity contribution in [1.29, 1.82) is 0 Å². The zero-order valence-electron chi connectivity index (χ0n) is 20.0. The molecular weight excluding hydrogens is 490 g/mol. The number of benzene rings is 1. The Morgan fingerprint density at radius 1 is 1.20 bits per heavy atom. The van der Waals surface area contributed by atoms with Crippen molar-refractivity contribution in [3.8, 4) is 12.3 Å². The fourth-order valence-electron chi connectivity index (χ4n) is 4.27. The number of terminal acetylenes is 1. The summed E-state index contributed by atoms with van der Waals surface area (Å²) < 4.78 is 32.5. The van der Waals surface area contributed by atoms with Gasteiger partial charge in [-0.1, -0.05) is 31.1 Å². The molecule has 1 aliphatic heterocycles. The number of esters is 1. The van der Waals surface area contributed by atoms with Crippen LogP contribution in [0.3, 0.4) is 0 Å². The monoisotopic (exact) mass is 519 g/mol. The first-order valence-corrected chi connectivity index (χ1v) is 14.0. The van der Waals surface area contributed by atoms with Crippen molar-refractivity contribution in [1.82, 2.24) is 9.47 Å². The molecule has 2 heterocycles. The predicted molar refractivity (Wildman–Crippen MR) is 133 cm³/mol. The van der Waals surface area contributed by atoms with E-state index in [1.807, 2.05) is 13.8 Å². The number of nitrogens with zero attached hydrogens (tertiary/aromatic N) is 3. The van der Waals surface area contributed by atoms with Gasteiger partial charge in [0.15, 0.2) is 14.6 Å². The number of sulfone groups is 1. The third-order valence-electron chi connectivity index (χ3n) is 5.57. The fourth-order valence-corrected chi connectivity index (χ4v) is 6.46. The number of likely N-dealkylation sites (tertiary alicyclic amines) is 1. The zero-order chi connectivity index (χ0) is 25.8. The van der Waals surface area contributed by atoms with E-state index < -0.39 is 39.1 Å². The van der Waals surface area contributed by atoms with Gasteiger partial charge in [0.1, 0.15) is 11.5 Å². The summed E-state index contributed by atoms with van der Waals surface area (Å²) >= 11 is 1.11. The summed E-state index contributed by atoms with van der Waals surface area (Å²) in [6.45, 7) is 7.12. The van der Waals surface area contributed by atoms with E-state index >= 15 is 0 Å². The van der Waals surface area contributed by atoms with Crippen LogP contribution < -0.4 is 4.80 Å². The van der Waals surface area contributed by atoms with E-state index in [2.05, 4.69) is 10.9 Å². The molecule has 1 fully saturated rings. The maximum atomic E-state index is 12.6. The van der Waals surface area contributed by atoms with Gasteiger partial charge in [-0.2, -0.15) is 4.99 Å². The predicted octanol–water partition coefficient (Wildman–Crippen LogP) is 1.86. The molecule has 3 rings (SSSR count). The quantitative estimate of drug-likeness (QED) is 0.407. The average molecular weight is 520 g/mol. The maximum absolute atomic E-state index is 12.6. The third-order valence-corrected chi connectivity index (χ3v) is 7.99. The summed E-state index contributed by atoms with van der Waals surface area (Å²) in [4.78, 5) is 43.0. The van der Waals surface area contributed by atoms with Crippen LogP contribution in [0.4, 0.5) is 0 Å². The maximum Gasteiger partial charge on any atom is 0.338 e. The van der Waals surface area contributed by atoms with Crippen molar-refractivity contribution in [3.63, 3.8) is 0 Å². The second kappa shape index (κ2) is 11.2. The van der Waals surface area contributed by atoms with Crippen molar-refractivity contribution < 1.29 is 27.5 Å². The Labute approximate surface area is 208 Å². The van der Waals surface area contributed by atoms with Gasteiger partial charge in [0.25, 0.3) is 5.91 Å².